The summed E-state index contributed by atoms with van der Waals surface area (Å²) in [6, 6.07) is 14.3. The van der Waals surface area contributed by atoms with Gasteiger partial charge in [0.05, 0.1) is 41.0 Å². The molecule has 1 amide bonds. The Balaban J connectivity index is 1.91. The highest BCUT2D eigenvalue weighted by Crippen LogP contribution is 2.29. The van der Waals surface area contributed by atoms with Gasteiger partial charge in [0.15, 0.2) is 5.82 Å². The lowest BCUT2D eigenvalue weighted by Crippen LogP contribution is -2.35. The zero-order valence-electron chi connectivity index (χ0n) is 18.6. The SMILES string of the molecule is CC(N)CNC(=O)c1cc(-c2cccc([C@H](C)N)n2)cc2c1cnn2-c1cccc(CO)n1. The van der Waals surface area contributed by atoms with Crippen molar-refractivity contribution in [1.82, 2.24) is 25.1 Å². The highest BCUT2D eigenvalue weighted by molar-refractivity contribution is 6.08. The second-order valence-electron chi connectivity index (χ2n) is 8.08. The van der Waals surface area contributed by atoms with Crippen molar-refractivity contribution in [1.29, 1.82) is 0 Å². The van der Waals surface area contributed by atoms with Crippen LogP contribution in [0.3, 0.4) is 0 Å². The molecule has 1 unspecified atom stereocenters. The maximum Gasteiger partial charge on any atom is 0.252 e. The van der Waals surface area contributed by atoms with Crippen molar-refractivity contribution >= 4 is 16.8 Å². The molecule has 0 spiro atoms. The summed E-state index contributed by atoms with van der Waals surface area (Å²) in [5.41, 5.74) is 15.7. The van der Waals surface area contributed by atoms with Crippen LogP contribution in [0, 0.1) is 0 Å². The summed E-state index contributed by atoms with van der Waals surface area (Å²) < 4.78 is 1.65. The minimum Gasteiger partial charge on any atom is -0.390 e. The number of rotatable bonds is 7. The first-order valence-corrected chi connectivity index (χ1v) is 10.7. The molecular formula is C24H27N7O2. The zero-order valence-corrected chi connectivity index (χ0v) is 18.6. The van der Waals surface area contributed by atoms with Gasteiger partial charge in [0, 0.05) is 29.6 Å². The van der Waals surface area contributed by atoms with Gasteiger partial charge in [-0.05, 0) is 50.2 Å². The highest BCUT2D eigenvalue weighted by atomic mass is 16.3. The van der Waals surface area contributed by atoms with Crippen molar-refractivity contribution in [3.63, 3.8) is 0 Å². The number of amides is 1. The van der Waals surface area contributed by atoms with Gasteiger partial charge in [-0.1, -0.05) is 12.1 Å². The van der Waals surface area contributed by atoms with Crippen molar-refractivity contribution < 1.29 is 9.90 Å². The third-order valence-electron chi connectivity index (χ3n) is 5.22. The monoisotopic (exact) mass is 445 g/mol. The van der Waals surface area contributed by atoms with Crippen LogP contribution in [-0.4, -0.2) is 43.3 Å². The van der Waals surface area contributed by atoms with E-state index in [1.54, 1.807) is 35.1 Å². The maximum atomic E-state index is 13.1. The topological polar surface area (TPSA) is 145 Å². The zero-order chi connectivity index (χ0) is 23.5. The lowest BCUT2D eigenvalue weighted by molar-refractivity contribution is 0.0953. The Morgan fingerprint density at radius 1 is 1.12 bits per heavy atom. The third kappa shape index (κ3) is 4.75. The smallest absolute Gasteiger partial charge is 0.252 e. The molecule has 170 valence electrons. The number of pyridine rings is 2. The molecule has 0 bridgehead atoms. The predicted molar refractivity (Wildman–Crippen MR) is 127 cm³/mol. The van der Waals surface area contributed by atoms with Gasteiger partial charge in [0.25, 0.3) is 5.91 Å². The van der Waals surface area contributed by atoms with Crippen molar-refractivity contribution in [2.75, 3.05) is 6.54 Å². The van der Waals surface area contributed by atoms with E-state index >= 15 is 0 Å². The molecule has 0 saturated carbocycles. The minimum absolute atomic E-state index is 0.176. The first kappa shape index (κ1) is 22.5. The number of carbonyl (C=O) groups excluding carboxylic acids is 1. The molecule has 33 heavy (non-hydrogen) atoms. The number of aliphatic hydroxyl groups excluding tert-OH is 1. The van der Waals surface area contributed by atoms with Gasteiger partial charge >= 0.3 is 0 Å². The summed E-state index contributed by atoms with van der Waals surface area (Å²) in [4.78, 5) is 22.2. The van der Waals surface area contributed by atoms with E-state index in [4.69, 9.17) is 11.5 Å². The molecule has 0 aliphatic heterocycles. The summed E-state index contributed by atoms with van der Waals surface area (Å²) >= 11 is 0. The lowest BCUT2D eigenvalue weighted by Gasteiger charge is -2.12. The Labute approximate surface area is 191 Å². The molecule has 1 aromatic carbocycles. The van der Waals surface area contributed by atoms with Crippen LogP contribution in [0.5, 0.6) is 0 Å². The largest absolute Gasteiger partial charge is 0.390 e. The Morgan fingerprint density at radius 3 is 2.64 bits per heavy atom. The van der Waals surface area contributed by atoms with E-state index in [9.17, 15) is 9.90 Å². The first-order chi connectivity index (χ1) is 15.9. The van der Waals surface area contributed by atoms with Crippen LogP contribution in [0.15, 0.2) is 54.7 Å². The molecule has 0 aliphatic carbocycles. The molecule has 2 atom stereocenters. The normalized spacial score (nSPS) is 13.1. The predicted octanol–water partition coefficient (Wildman–Crippen LogP) is 2.07. The standard InChI is InChI=1S/C24H27N7O2/c1-14(25)11-27-24(33)18-9-16(21-7-4-6-20(30-21)15(2)26)10-22-19(18)12-28-31(22)23-8-3-5-17(13-32)29-23/h3-10,12,14-15,32H,11,13,25-26H2,1-2H3,(H,27,33)/t14?,15-/m0/s1. The van der Waals surface area contributed by atoms with E-state index in [1.807, 2.05) is 38.1 Å². The molecule has 0 saturated heterocycles. The van der Waals surface area contributed by atoms with Gasteiger partial charge in [-0.2, -0.15) is 5.10 Å². The molecule has 6 N–H and O–H groups in total. The molecule has 3 heterocycles. The second kappa shape index (κ2) is 9.45. The van der Waals surface area contributed by atoms with Crippen LogP contribution in [-0.2, 0) is 6.61 Å². The van der Waals surface area contributed by atoms with Gasteiger partial charge < -0.3 is 21.9 Å². The molecule has 0 aliphatic rings. The van der Waals surface area contributed by atoms with E-state index in [0.29, 0.717) is 40.2 Å². The van der Waals surface area contributed by atoms with Crippen molar-refractivity contribution in [2.45, 2.75) is 32.5 Å². The fourth-order valence-corrected chi connectivity index (χ4v) is 3.53. The Kier molecular flexibility index (Phi) is 6.45. The Hall–Kier alpha value is -3.66. The van der Waals surface area contributed by atoms with Crippen LogP contribution in [0.2, 0.25) is 0 Å². The minimum atomic E-state index is -0.251. The summed E-state index contributed by atoms with van der Waals surface area (Å²) in [7, 11) is 0. The summed E-state index contributed by atoms with van der Waals surface area (Å²) in [6.07, 6.45) is 1.64. The molecule has 4 aromatic rings. The van der Waals surface area contributed by atoms with Gasteiger partial charge in [-0.3, -0.25) is 9.78 Å². The molecule has 3 aromatic heterocycles. The fourth-order valence-electron chi connectivity index (χ4n) is 3.53. The average Bonchev–Trinajstić information content (AvgIpc) is 3.26. The van der Waals surface area contributed by atoms with Crippen molar-refractivity contribution in [3.8, 4) is 17.1 Å². The van der Waals surface area contributed by atoms with Crippen LogP contribution in [0.25, 0.3) is 28.0 Å². The van der Waals surface area contributed by atoms with Crippen LogP contribution in [0.1, 0.15) is 41.6 Å². The number of nitrogens with zero attached hydrogens (tertiary/aromatic N) is 4. The van der Waals surface area contributed by atoms with E-state index < -0.39 is 0 Å². The summed E-state index contributed by atoms with van der Waals surface area (Å²) in [5.74, 6) is 0.284. The van der Waals surface area contributed by atoms with E-state index in [0.717, 1.165) is 11.3 Å². The van der Waals surface area contributed by atoms with E-state index in [2.05, 4.69) is 20.4 Å². The van der Waals surface area contributed by atoms with Crippen LogP contribution < -0.4 is 16.8 Å². The average molecular weight is 446 g/mol. The quantitative estimate of drug-likeness (QED) is 0.341. The number of hydrogen-bond donors (Lipinski definition) is 4. The Bertz CT molecular complexity index is 1300. The van der Waals surface area contributed by atoms with Gasteiger partial charge in [0.2, 0.25) is 0 Å². The van der Waals surface area contributed by atoms with Crippen molar-refractivity contribution in [3.05, 3.63) is 71.7 Å². The fraction of sp³-hybridized carbons (Fsp3) is 0.250. The number of nitrogens with two attached hydrogens (primary N) is 2. The summed E-state index contributed by atoms with van der Waals surface area (Å²) in [5, 5.41) is 17.5. The van der Waals surface area contributed by atoms with Gasteiger partial charge in [0.1, 0.15) is 0 Å². The molecule has 4 rings (SSSR count). The number of aliphatic hydroxyl groups is 1. The molecule has 9 heteroatoms. The number of nitrogens with one attached hydrogen (secondary N) is 1. The number of hydrogen-bond acceptors (Lipinski definition) is 7. The van der Waals surface area contributed by atoms with Gasteiger partial charge in [-0.25, -0.2) is 9.67 Å². The van der Waals surface area contributed by atoms with Gasteiger partial charge in [-0.15, -0.1) is 0 Å². The molecular weight excluding hydrogens is 418 g/mol. The number of fused-ring (bicyclic) bond motifs is 1. The molecule has 0 fully saturated rings. The molecule has 9 nitrogen and oxygen atoms in total. The number of carbonyl (C=O) groups is 1. The Morgan fingerprint density at radius 2 is 1.91 bits per heavy atom. The van der Waals surface area contributed by atoms with Crippen molar-refractivity contribution in [2.24, 2.45) is 11.5 Å². The third-order valence-corrected chi connectivity index (χ3v) is 5.22. The highest BCUT2D eigenvalue weighted by Gasteiger charge is 2.18. The van der Waals surface area contributed by atoms with E-state index in [-0.39, 0.29) is 24.6 Å². The lowest BCUT2D eigenvalue weighted by atomic mass is 10.0. The number of benzene rings is 1. The first-order valence-electron chi connectivity index (χ1n) is 10.7. The summed E-state index contributed by atoms with van der Waals surface area (Å²) in [6.45, 7) is 3.86. The van der Waals surface area contributed by atoms with E-state index in [1.165, 1.54) is 0 Å². The van der Waals surface area contributed by atoms with Crippen LogP contribution in [0.4, 0.5) is 0 Å². The second-order valence-corrected chi connectivity index (χ2v) is 8.08. The number of aromatic nitrogens is 4. The molecule has 0 radical (unpaired) electrons. The van der Waals surface area contributed by atoms with Crippen LogP contribution >= 0.6 is 0 Å². The maximum absolute atomic E-state index is 13.1.